The molecule has 1 aliphatic rings. The quantitative estimate of drug-likeness (QED) is 0.539. The van der Waals surface area contributed by atoms with Crippen molar-refractivity contribution in [3.8, 4) is 11.5 Å². The van der Waals surface area contributed by atoms with Gasteiger partial charge >= 0.3 is 0 Å². The van der Waals surface area contributed by atoms with Crippen molar-refractivity contribution in [2.45, 2.75) is 18.8 Å². The van der Waals surface area contributed by atoms with Crippen molar-refractivity contribution in [3.05, 3.63) is 42.0 Å². The van der Waals surface area contributed by atoms with Gasteiger partial charge in [-0.2, -0.15) is 5.10 Å². The molecule has 1 amide bonds. The Balaban J connectivity index is 1.43. The van der Waals surface area contributed by atoms with Crippen LogP contribution in [0, 0.1) is 0 Å². The minimum Gasteiger partial charge on any atom is -0.493 e. The Kier molecular flexibility index (Phi) is 4.50. The van der Waals surface area contributed by atoms with Gasteiger partial charge in [-0.1, -0.05) is 0 Å². The zero-order valence-corrected chi connectivity index (χ0v) is 16.8. The molecule has 0 saturated carbocycles. The second-order valence-electron chi connectivity index (χ2n) is 7.40. The minimum atomic E-state index is -0.0353. The van der Waals surface area contributed by atoms with Gasteiger partial charge in [0.2, 0.25) is 0 Å². The first-order valence-electron chi connectivity index (χ1n) is 9.87. The molecular weight excluding hydrogens is 384 g/mol. The molecule has 1 atom stereocenters. The first-order valence-corrected chi connectivity index (χ1v) is 9.87. The van der Waals surface area contributed by atoms with E-state index in [4.69, 9.17) is 9.47 Å². The second-order valence-corrected chi connectivity index (χ2v) is 7.40. The average molecular weight is 406 g/mol. The fraction of sp³-hybridized carbons (Fsp3) is 0.333. The topological polar surface area (TPSA) is 109 Å². The number of nitrogens with one attached hydrogen (secondary N) is 2. The zero-order valence-electron chi connectivity index (χ0n) is 16.8. The van der Waals surface area contributed by atoms with E-state index in [1.807, 2.05) is 23.1 Å². The Morgan fingerprint density at radius 1 is 1.20 bits per heavy atom. The Morgan fingerprint density at radius 3 is 2.90 bits per heavy atom. The van der Waals surface area contributed by atoms with Crippen LogP contribution in [0.4, 0.5) is 0 Å². The standard InChI is InChI=1S/C21H22N6O3/c1-29-16-6-5-14-13(19(16)30-2)10-15(24-14)21(28)27-9-3-4-12(11-27)17-18-20(26-25-17)23-8-7-22-18/h5-8,10,12,24H,3-4,9,11H2,1-2H3,(H,23,25,26)/t12-/m0/s1. The molecule has 3 aromatic heterocycles. The van der Waals surface area contributed by atoms with Crippen LogP contribution in [-0.2, 0) is 0 Å². The molecular formula is C21H22N6O3. The lowest BCUT2D eigenvalue weighted by Crippen LogP contribution is -2.39. The van der Waals surface area contributed by atoms with E-state index in [2.05, 4.69) is 25.1 Å². The third-order valence-corrected chi connectivity index (χ3v) is 5.71. The van der Waals surface area contributed by atoms with Crippen LogP contribution in [0.25, 0.3) is 22.1 Å². The van der Waals surface area contributed by atoms with Crippen molar-refractivity contribution < 1.29 is 14.3 Å². The maximum absolute atomic E-state index is 13.3. The van der Waals surface area contributed by atoms with E-state index in [1.54, 1.807) is 26.6 Å². The van der Waals surface area contributed by atoms with E-state index in [1.165, 1.54) is 0 Å². The molecule has 4 aromatic rings. The van der Waals surface area contributed by atoms with E-state index >= 15 is 0 Å². The average Bonchev–Trinajstić information content (AvgIpc) is 3.42. The monoisotopic (exact) mass is 406 g/mol. The Morgan fingerprint density at radius 2 is 2.07 bits per heavy atom. The van der Waals surface area contributed by atoms with Gasteiger partial charge in [-0.15, -0.1) is 0 Å². The summed E-state index contributed by atoms with van der Waals surface area (Å²) in [6.07, 6.45) is 5.17. The molecule has 0 aliphatic carbocycles. The Bertz CT molecular complexity index is 1230. The van der Waals surface area contributed by atoms with Crippen LogP contribution in [0.2, 0.25) is 0 Å². The second kappa shape index (κ2) is 7.33. The molecule has 0 radical (unpaired) electrons. The number of ether oxygens (including phenoxy) is 2. The SMILES string of the molecule is COc1ccc2[nH]c(C(=O)N3CCC[C@H](c4[nH]nc5nccnc45)C3)cc2c1OC. The fourth-order valence-corrected chi connectivity index (χ4v) is 4.26. The molecule has 1 saturated heterocycles. The van der Waals surface area contributed by atoms with E-state index < -0.39 is 0 Å². The lowest BCUT2D eigenvalue weighted by Gasteiger charge is -2.32. The highest BCUT2D eigenvalue weighted by Crippen LogP contribution is 2.36. The van der Waals surface area contributed by atoms with Gasteiger partial charge in [0.15, 0.2) is 17.1 Å². The van der Waals surface area contributed by atoms with Crippen LogP contribution >= 0.6 is 0 Å². The molecule has 9 nitrogen and oxygen atoms in total. The van der Waals surface area contributed by atoms with Crippen LogP contribution in [-0.4, -0.2) is 63.3 Å². The van der Waals surface area contributed by atoms with Gasteiger partial charge in [-0.3, -0.25) is 9.89 Å². The molecule has 0 bridgehead atoms. The van der Waals surface area contributed by atoms with E-state index in [-0.39, 0.29) is 11.8 Å². The predicted molar refractivity (Wildman–Crippen MR) is 111 cm³/mol. The number of aromatic amines is 2. The van der Waals surface area contributed by atoms with Crippen LogP contribution in [0.1, 0.15) is 34.9 Å². The summed E-state index contributed by atoms with van der Waals surface area (Å²) in [6, 6.07) is 5.55. The third-order valence-electron chi connectivity index (χ3n) is 5.71. The van der Waals surface area contributed by atoms with Gasteiger partial charge in [0, 0.05) is 36.8 Å². The third kappa shape index (κ3) is 2.94. The number of piperidine rings is 1. The number of H-pyrrole nitrogens is 2. The first-order chi connectivity index (χ1) is 14.7. The molecule has 4 heterocycles. The number of rotatable bonds is 4. The fourth-order valence-electron chi connectivity index (χ4n) is 4.26. The van der Waals surface area contributed by atoms with Crippen LogP contribution in [0.5, 0.6) is 11.5 Å². The van der Waals surface area contributed by atoms with Gasteiger partial charge < -0.3 is 19.4 Å². The Labute approximate surface area is 172 Å². The van der Waals surface area contributed by atoms with Crippen LogP contribution < -0.4 is 9.47 Å². The lowest BCUT2D eigenvalue weighted by atomic mass is 9.94. The summed E-state index contributed by atoms with van der Waals surface area (Å²) < 4.78 is 10.9. The van der Waals surface area contributed by atoms with Gasteiger partial charge in [0.1, 0.15) is 11.2 Å². The van der Waals surface area contributed by atoms with Crippen molar-refractivity contribution in [2.24, 2.45) is 0 Å². The van der Waals surface area contributed by atoms with E-state index in [9.17, 15) is 4.79 Å². The van der Waals surface area contributed by atoms with Gasteiger partial charge in [-0.25, -0.2) is 9.97 Å². The van der Waals surface area contributed by atoms with Crippen molar-refractivity contribution in [1.29, 1.82) is 0 Å². The summed E-state index contributed by atoms with van der Waals surface area (Å²) in [7, 11) is 3.19. The first kappa shape index (κ1) is 18.4. The number of methoxy groups -OCH3 is 2. The maximum Gasteiger partial charge on any atom is 0.270 e. The number of hydrogen-bond donors (Lipinski definition) is 2. The summed E-state index contributed by atoms with van der Waals surface area (Å²) in [5.74, 6) is 1.35. The predicted octanol–water partition coefficient (Wildman–Crippen LogP) is 2.87. The normalized spacial score (nSPS) is 16.9. The van der Waals surface area contributed by atoms with Crippen molar-refractivity contribution in [3.63, 3.8) is 0 Å². The summed E-state index contributed by atoms with van der Waals surface area (Å²) in [5.41, 5.74) is 3.69. The number of amides is 1. The molecule has 30 heavy (non-hydrogen) atoms. The number of aromatic nitrogens is 5. The maximum atomic E-state index is 13.3. The molecule has 154 valence electrons. The highest BCUT2D eigenvalue weighted by atomic mass is 16.5. The summed E-state index contributed by atoms with van der Waals surface area (Å²) in [4.78, 5) is 27.0. The molecule has 0 spiro atoms. The number of carbonyl (C=O) groups excluding carboxylic acids is 1. The smallest absolute Gasteiger partial charge is 0.270 e. The molecule has 1 aliphatic heterocycles. The van der Waals surface area contributed by atoms with Crippen molar-refractivity contribution in [2.75, 3.05) is 27.3 Å². The van der Waals surface area contributed by atoms with Crippen molar-refractivity contribution in [1.82, 2.24) is 30.0 Å². The zero-order chi connectivity index (χ0) is 20.7. The minimum absolute atomic E-state index is 0.0353. The molecule has 0 unspecified atom stereocenters. The highest BCUT2D eigenvalue weighted by Gasteiger charge is 2.29. The van der Waals surface area contributed by atoms with Crippen molar-refractivity contribution >= 4 is 28.0 Å². The van der Waals surface area contributed by atoms with Crippen LogP contribution in [0.3, 0.4) is 0 Å². The summed E-state index contributed by atoms with van der Waals surface area (Å²) in [6.45, 7) is 1.31. The largest absolute Gasteiger partial charge is 0.493 e. The number of fused-ring (bicyclic) bond motifs is 2. The van der Waals surface area contributed by atoms with Crippen LogP contribution in [0.15, 0.2) is 30.6 Å². The highest BCUT2D eigenvalue weighted by molar-refractivity contribution is 6.00. The summed E-state index contributed by atoms with van der Waals surface area (Å²) in [5, 5.41) is 8.16. The molecule has 5 rings (SSSR count). The van der Waals surface area contributed by atoms with Gasteiger partial charge in [-0.05, 0) is 31.0 Å². The van der Waals surface area contributed by atoms with Gasteiger partial charge in [0.25, 0.3) is 5.91 Å². The number of benzene rings is 1. The Hall–Kier alpha value is -3.62. The molecule has 2 N–H and O–H groups in total. The lowest BCUT2D eigenvalue weighted by molar-refractivity contribution is 0.0701. The number of hydrogen-bond acceptors (Lipinski definition) is 6. The summed E-state index contributed by atoms with van der Waals surface area (Å²) >= 11 is 0. The molecule has 9 heteroatoms. The number of likely N-dealkylation sites (tertiary alicyclic amines) is 1. The number of carbonyl (C=O) groups is 1. The molecule has 1 aromatic carbocycles. The van der Waals surface area contributed by atoms with E-state index in [0.29, 0.717) is 35.9 Å². The molecule has 1 fully saturated rings. The van der Waals surface area contributed by atoms with E-state index in [0.717, 1.165) is 35.0 Å². The number of nitrogens with zero attached hydrogens (tertiary/aromatic N) is 4. The van der Waals surface area contributed by atoms with Gasteiger partial charge in [0.05, 0.1) is 25.4 Å².